The van der Waals surface area contributed by atoms with Crippen molar-refractivity contribution in [2.75, 3.05) is 0 Å². The third-order valence-electron chi connectivity index (χ3n) is 3.49. The predicted octanol–water partition coefficient (Wildman–Crippen LogP) is 2.51. The van der Waals surface area contributed by atoms with E-state index in [1.807, 2.05) is 19.1 Å². The van der Waals surface area contributed by atoms with Gasteiger partial charge in [0.15, 0.2) is 0 Å². The maximum absolute atomic E-state index is 10.3. The summed E-state index contributed by atoms with van der Waals surface area (Å²) < 4.78 is 0. The van der Waals surface area contributed by atoms with Crippen LogP contribution in [0.3, 0.4) is 0 Å². The molecule has 1 aromatic rings. The molecular weight excluding hydrogens is 200 g/mol. The Hall–Kier alpha value is -1.40. The van der Waals surface area contributed by atoms with Gasteiger partial charge in [-0.25, -0.2) is 0 Å². The molecule has 1 unspecified atom stereocenters. The minimum atomic E-state index is -0.701. The van der Waals surface area contributed by atoms with Crippen LogP contribution in [-0.4, -0.2) is 10.1 Å². The van der Waals surface area contributed by atoms with E-state index in [1.54, 1.807) is 6.20 Å². The number of pyridine rings is 1. The Morgan fingerprint density at radius 3 is 2.62 bits per heavy atom. The number of nitrogens with zero attached hydrogens (tertiary/aromatic N) is 2. The molecule has 1 aliphatic rings. The number of aromatic nitrogens is 1. The zero-order valence-electron chi connectivity index (χ0n) is 9.48. The molecule has 3 nitrogen and oxygen atoms in total. The van der Waals surface area contributed by atoms with Crippen LogP contribution in [-0.2, 0) is 0 Å². The summed E-state index contributed by atoms with van der Waals surface area (Å²) in [5, 5.41) is 19.6. The number of aliphatic hydroxyl groups excluding tert-OH is 1. The monoisotopic (exact) mass is 216 g/mol. The summed E-state index contributed by atoms with van der Waals surface area (Å²) in [6.45, 7) is 1.91. The molecule has 0 saturated heterocycles. The van der Waals surface area contributed by atoms with E-state index in [0.717, 1.165) is 36.9 Å². The van der Waals surface area contributed by atoms with Crippen molar-refractivity contribution >= 4 is 0 Å². The minimum absolute atomic E-state index is 0.586. The van der Waals surface area contributed by atoms with Crippen LogP contribution in [0.25, 0.3) is 0 Å². The Labute approximate surface area is 95.8 Å². The largest absolute Gasteiger partial charge is 0.387 e. The number of nitriles is 1. The zero-order chi connectivity index (χ0) is 11.6. The average Bonchev–Trinajstić information content (AvgIpc) is 2.79. The molecule has 3 heteroatoms. The van der Waals surface area contributed by atoms with Gasteiger partial charge in [0.05, 0.1) is 17.6 Å². The highest BCUT2D eigenvalue weighted by Gasteiger charge is 2.41. The van der Waals surface area contributed by atoms with Crippen molar-refractivity contribution in [1.29, 1.82) is 5.26 Å². The van der Waals surface area contributed by atoms with Gasteiger partial charge in [-0.05, 0) is 25.8 Å². The van der Waals surface area contributed by atoms with E-state index < -0.39 is 11.5 Å². The molecule has 1 atom stereocenters. The molecule has 0 amide bonds. The summed E-state index contributed by atoms with van der Waals surface area (Å²) in [5.74, 6) is 0. The molecule has 0 bridgehead atoms. The highest BCUT2D eigenvalue weighted by Crippen LogP contribution is 2.46. The molecule has 84 valence electrons. The average molecular weight is 216 g/mol. The standard InChI is InChI=1S/C13H16N2O/c1-10-4-5-11(8-15-10)12(16)13(9-14)6-2-3-7-13/h4-5,8,12,16H,2-3,6-7H2,1H3. The van der Waals surface area contributed by atoms with Crippen molar-refractivity contribution in [2.24, 2.45) is 5.41 Å². The quantitative estimate of drug-likeness (QED) is 0.826. The summed E-state index contributed by atoms with van der Waals surface area (Å²) >= 11 is 0. The van der Waals surface area contributed by atoms with E-state index in [-0.39, 0.29) is 0 Å². The molecule has 0 radical (unpaired) electrons. The Morgan fingerprint density at radius 2 is 2.12 bits per heavy atom. The van der Waals surface area contributed by atoms with Gasteiger partial charge in [-0.15, -0.1) is 0 Å². The fourth-order valence-corrected chi connectivity index (χ4v) is 2.41. The lowest BCUT2D eigenvalue weighted by molar-refractivity contribution is 0.0668. The summed E-state index contributed by atoms with van der Waals surface area (Å²) in [4.78, 5) is 4.17. The SMILES string of the molecule is Cc1ccc(C(O)C2(C#N)CCCC2)cn1. The Morgan fingerprint density at radius 1 is 1.44 bits per heavy atom. The van der Waals surface area contributed by atoms with Crippen LogP contribution in [0.5, 0.6) is 0 Å². The Balaban J connectivity index is 2.27. The molecule has 1 saturated carbocycles. The second-order valence-electron chi connectivity index (χ2n) is 4.61. The van der Waals surface area contributed by atoms with Crippen LogP contribution < -0.4 is 0 Å². The lowest BCUT2D eigenvalue weighted by Crippen LogP contribution is -2.24. The first kappa shape index (κ1) is 11.1. The molecule has 0 spiro atoms. The first-order valence-corrected chi connectivity index (χ1v) is 5.70. The van der Waals surface area contributed by atoms with Gasteiger partial charge in [0.1, 0.15) is 0 Å². The first-order chi connectivity index (χ1) is 7.68. The first-order valence-electron chi connectivity index (χ1n) is 5.70. The van der Waals surface area contributed by atoms with E-state index in [4.69, 9.17) is 0 Å². The van der Waals surface area contributed by atoms with Crippen molar-refractivity contribution in [3.8, 4) is 6.07 Å². The van der Waals surface area contributed by atoms with Crippen molar-refractivity contribution in [3.63, 3.8) is 0 Å². The molecule has 2 rings (SSSR count). The third kappa shape index (κ3) is 1.81. The molecule has 0 aliphatic heterocycles. The maximum atomic E-state index is 10.3. The molecule has 1 aromatic heterocycles. The predicted molar refractivity (Wildman–Crippen MR) is 60.4 cm³/mol. The van der Waals surface area contributed by atoms with Gasteiger partial charge >= 0.3 is 0 Å². The summed E-state index contributed by atoms with van der Waals surface area (Å²) in [5.41, 5.74) is 1.10. The Bertz CT molecular complexity index is 399. The zero-order valence-corrected chi connectivity index (χ0v) is 9.48. The van der Waals surface area contributed by atoms with Crippen molar-refractivity contribution in [2.45, 2.75) is 38.7 Å². The van der Waals surface area contributed by atoms with Gasteiger partial charge < -0.3 is 5.11 Å². The molecule has 1 aliphatic carbocycles. The van der Waals surface area contributed by atoms with E-state index >= 15 is 0 Å². The molecule has 1 N–H and O–H groups in total. The summed E-state index contributed by atoms with van der Waals surface area (Å²) in [7, 11) is 0. The van der Waals surface area contributed by atoms with E-state index in [9.17, 15) is 10.4 Å². The lowest BCUT2D eigenvalue weighted by Gasteiger charge is -2.26. The fourth-order valence-electron chi connectivity index (χ4n) is 2.41. The molecule has 1 heterocycles. The molecular formula is C13H16N2O. The topological polar surface area (TPSA) is 56.9 Å². The van der Waals surface area contributed by atoms with Gasteiger partial charge in [-0.2, -0.15) is 5.26 Å². The highest BCUT2D eigenvalue weighted by molar-refractivity contribution is 5.22. The number of aryl methyl sites for hydroxylation is 1. The van der Waals surface area contributed by atoms with Crippen LogP contribution >= 0.6 is 0 Å². The second kappa shape index (κ2) is 4.23. The second-order valence-corrected chi connectivity index (χ2v) is 4.61. The minimum Gasteiger partial charge on any atom is -0.387 e. The van der Waals surface area contributed by atoms with Gasteiger partial charge in [-0.1, -0.05) is 18.9 Å². The smallest absolute Gasteiger partial charge is 0.0991 e. The van der Waals surface area contributed by atoms with Crippen LogP contribution in [0.4, 0.5) is 0 Å². The van der Waals surface area contributed by atoms with E-state index in [2.05, 4.69) is 11.1 Å². The number of hydrogen-bond donors (Lipinski definition) is 1. The van der Waals surface area contributed by atoms with Gasteiger partial charge in [0, 0.05) is 17.5 Å². The van der Waals surface area contributed by atoms with E-state index in [1.165, 1.54) is 0 Å². The number of rotatable bonds is 2. The van der Waals surface area contributed by atoms with Gasteiger partial charge in [0.25, 0.3) is 0 Å². The van der Waals surface area contributed by atoms with Crippen LogP contribution in [0.15, 0.2) is 18.3 Å². The van der Waals surface area contributed by atoms with Crippen molar-refractivity contribution in [1.82, 2.24) is 4.98 Å². The van der Waals surface area contributed by atoms with Gasteiger partial charge in [0.2, 0.25) is 0 Å². The summed E-state index contributed by atoms with van der Waals surface area (Å²) in [6, 6.07) is 6.05. The van der Waals surface area contributed by atoms with Crippen LogP contribution in [0.1, 0.15) is 43.0 Å². The van der Waals surface area contributed by atoms with Gasteiger partial charge in [-0.3, -0.25) is 4.98 Å². The highest BCUT2D eigenvalue weighted by atomic mass is 16.3. The van der Waals surface area contributed by atoms with Crippen molar-refractivity contribution in [3.05, 3.63) is 29.6 Å². The Kier molecular flexibility index (Phi) is 2.93. The fraction of sp³-hybridized carbons (Fsp3) is 0.538. The third-order valence-corrected chi connectivity index (χ3v) is 3.49. The van der Waals surface area contributed by atoms with Crippen LogP contribution in [0, 0.1) is 23.7 Å². The van der Waals surface area contributed by atoms with Crippen molar-refractivity contribution < 1.29 is 5.11 Å². The lowest BCUT2D eigenvalue weighted by atomic mass is 9.79. The number of aliphatic hydroxyl groups is 1. The van der Waals surface area contributed by atoms with Crippen LogP contribution in [0.2, 0.25) is 0 Å². The molecule has 16 heavy (non-hydrogen) atoms. The molecule has 0 aromatic carbocycles. The summed E-state index contributed by atoms with van der Waals surface area (Å²) in [6.07, 6.45) is 4.62. The normalized spacial score (nSPS) is 20.3. The molecule has 1 fully saturated rings. The maximum Gasteiger partial charge on any atom is 0.0991 e. The number of hydrogen-bond acceptors (Lipinski definition) is 3. The van der Waals surface area contributed by atoms with E-state index in [0.29, 0.717) is 0 Å².